The Hall–Kier alpha value is -1.83. The molecule has 1 aliphatic heterocycles. The van der Waals surface area contributed by atoms with E-state index in [1.807, 2.05) is 0 Å². The smallest absolute Gasteiger partial charge is 0.327 e. The average molecular weight is 268 g/mol. The van der Waals surface area contributed by atoms with Crippen LogP contribution in [0.4, 0.5) is 4.79 Å². The first-order valence-electron chi connectivity index (χ1n) is 5.30. The Morgan fingerprint density at radius 3 is 3.11 bits per heavy atom. The van der Waals surface area contributed by atoms with E-state index in [0.717, 1.165) is 0 Å². The molecule has 1 fully saturated rings. The van der Waals surface area contributed by atoms with Crippen molar-refractivity contribution in [1.29, 1.82) is 0 Å². The minimum Gasteiger partial charge on any atom is -0.480 e. The van der Waals surface area contributed by atoms with Crippen LogP contribution in [0.3, 0.4) is 0 Å². The number of aliphatic carboxylic acids is 1. The fourth-order valence-corrected chi connectivity index (χ4v) is 2.69. The maximum absolute atomic E-state index is 11.8. The van der Waals surface area contributed by atoms with Gasteiger partial charge in [0.1, 0.15) is 6.04 Å². The SMILES string of the molecule is O=C(O)[C@@H]1CSCN1C(=O)NCc1cccnn1. The molecule has 2 rings (SSSR count). The number of amides is 2. The summed E-state index contributed by atoms with van der Waals surface area (Å²) in [5.41, 5.74) is 0.629. The highest BCUT2D eigenvalue weighted by molar-refractivity contribution is 7.99. The topological polar surface area (TPSA) is 95.4 Å². The largest absolute Gasteiger partial charge is 0.480 e. The van der Waals surface area contributed by atoms with Crippen molar-refractivity contribution in [2.24, 2.45) is 0 Å². The number of thioether (sulfide) groups is 1. The molecule has 1 atom stereocenters. The van der Waals surface area contributed by atoms with Crippen molar-refractivity contribution < 1.29 is 14.7 Å². The molecule has 1 aromatic rings. The highest BCUT2D eigenvalue weighted by Crippen LogP contribution is 2.20. The van der Waals surface area contributed by atoms with Gasteiger partial charge in [0, 0.05) is 11.9 Å². The molecule has 2 N–H and O–H groups in total. The van der Waals surface area contributed by atoms with Gasteiger partial charge in [-0.1, -0.05) is 0 Å². The predicted molar refractivity (Wildman–Crippen MR) is 64.9 cm³/mol. The number of carbonyl (C=O) groups excluding carboxylic acids is 1. The minimum absolute atomic E-state index is 0.236. The summed E-state index contributed by atoms with van der Waals surface area (Å²) in [6.07, 6.45) is 1.54. The highest BCUT2D eigenvalue weighted by atomic mass is 32.2. The lowest BCUT2D eigenvalue weighted by molar-refractivity contribution is -0.140. The highest BCUT2D eigenvalue weighted by Gasteiger charge is 2.34. The number of carboxylic acid groups (broad SMARTS) is 1. The third-order valence-electron chi connectivity index (χ3n) is 2.48. The van der Waals surface area contributed by atoms with Crippen LogP contribution in [0.25, 0.3) is 0 Å². The number of rotatable bonds is 3. The Morgan fingerprint density at radius 1 is 1.61 bits per heavy atom. The molecular formula is C10H12N4O3S. The zero-order valence-corrected chi connectivity index (χ0v) is 10.3. The van der Waals surface area contributed by atoms with E-state index in [1.54, 1.807) is 18.3 Å². The second-order valence-corrected chi connectivity index (χ2v) is 4.70. The number of nitrogens with one attached hydrogen (secondary N) is 1. The summed E-state index contributed by atoms with van der Waals surface area (Å²) in [5, 5.41) is 19.1. The van der Waals surface area contributed by atoms with E-state index in [4.69, 9.17) is 5.11 Å². The standard InChI is InChI=1S/C10H12N4O3S/c15-9(16)8-5-18-6-14(8)10(17)11-4-7-2-1-3-12-13-7/h1-3,8H,4-6H2,(H,11,17)(H,15,16)/t8-/m0/s1. The van der Waals surface area contributed by atoms with E-state index in [0.29, 0.717) is 17.3 Å². The van der Waals surface area contributed by atoms with E-state index >= 15 is 0 Å². The van der Waals surface area contributed by atoms with Gasteiger partial charge in [-0.2, -0.15) is 10.2 Å². The van der Waals surface area contributed by atoms with Gasteiger partial charge in [0.2, 0.25) is 0 Å². The van der Waals surface area contributed by atoms with Gasteiger partial charge in [-0.3, -0.25) is 0 Å². The average Bonchev–Trinajstić information content (AvgIpc) is 2.86. The van der Waals surface area contributed by atoms with Crippen molar-refractivity contribution in [3.05, 3.63) is 24.0 Å². The Morgan fingerprint density at radius 2 is 2.44 bits per heavy atom. The molecule has 0 aromatic carbocycles. The summed E-state index contributed by atoms with van der Waals surface area (Å²) in [7, 11) is 0. The fourth-order valence-electron chi connectivity index (χ4n) is 1.54. The Bertz CT molecular complexity index is 442. The van der Waals surface area contributed by atoms with Gasteiger partial charge in [-0.25, -0.2) is 9.59 Å². The molecule has 1 aliphatic rings. The first kappa shape index (κ1) is 12.6. The summed E-state index contributed by atoms with van der Waals surface area (Å²) in [4.78, 5) is 24.1. The molecule has 0 saturated carbocycles. The third kappa shape index (κ3) is 2.89. The molecule has 2 amide bonds. The lowest BCUT2D eigenvalue weighted by Crippen LogP contribution is -2.46. The van der Waals surface area contributed by atoms with E-state index in [9.17, 15) is 9.59 Å². The van der Waals surface area contributed by atoms with Crippen LogP contribution >= 0.6 is 11.8 Å². The Labute approximate surface area is 108 Å². The van der Waals surface area contributed by atoms with Crippen LogP contribution < -0.4 is 5.32 Å². The molecule has 1 saturated heterocycles. The normalized spacial score (nSPS) is 18.7. The van der Waals surface area contributed by atoms with E-state index in [-0.39, 0.29) is 6.54 Å². The summed E-state index contributed by atoms with van der Waals surface area (Å²) in [6, 6.07) is 2.32. The Balaban J connectivity index is 1.90. The fraction of sp³-hybridized carbons (Fsp3) is 0.400. The van der Waals surface area contributed by atoms with Gasteiger partial charge in [0.05, 0.1) is 18.1 Å². The van der Waals surface area contributed by atoms with Gasteiger partial charge in [0.15, 0.2) is 0 Å². The van der Waals surface area contributed by atoms with Crippen molar-refractivity contribution in [3.8, 4) is 0 Å². The number of hydrogen-bond acceptors (Lipinski definition) is 5. The predicted octanol–water partition coefficient (Wildman–Crippen LogP) is 0.146. The zero-order valence-electron chi connectivity index (χ0n) is 9.44. The quantitative estimate of drug-likeness (QED) is 0.810. The maximum atomic E-state index is 11.8. The summed E-state index contributed by atoms with van der Waals surface area (Å²) >= 11 is 1.42. The van der Waals surface area contributed by atoms with Crippen molar-refractivity contribution >= 4 is 23.8 Å². The molecule has 96 valence electrons. The lowest BCUT2D eigenvalue weighted by Gasteiger charge is -2.20. The lowest BCUT2D eigenvalue weighted by atomic mass is 10.3. The van der Waals surface area contributed by atoms with Crippen molar-refractivity contribution in [1.82, 2.24) is 20.4 Å². The van der Waals surface area contributed by atoms with Gasteiger partial charge >= 0.3 is 12.0 Å². The molecule has 1 aromatic heterocycles. The molecule has 0 bridgehead atoms. The number of carboxylic acids is 1. The monoisotopic (exact) mass is 268 g/mol. The van der Waals surface area contributed by atoms with Crippen LogP contribution in [0.2, 0.25) is 0 Å². The second-order valence-electron chi connectivity index (χ2n) is 3.70. The number of nitrogens with zero attached hydrogens (tertiary/aromatic N) is 3. The van der Waals surface area contributed by atoms with Crippen LogP contribution in [0, 0.1) is 0 Å². The number of aromatic nitrogens is 2. The van der Waals surface area contributed by atoms with Gasteiger partial charge in [0.25, 0.3) is 0 Å². The summed E-state index contributed by atoms with van der Waals surface area (Å²) in [5.74, 6) is -0.161. The molecular weight excluding hydrogens is 256 g/mol. The van der Waals surface area contributed by atoms with Crippen LogP contribution in [0.15, 0.2) is 18.3 Å². The van der Waals surface area contributed by atoms with E-state index in [1.165, 1.54) is 16.7 Å². The molecule has 0 spiro atoms. The number of urea groups is 1. The molecule has 18 heavy (non-hydrogen) atoms. The van der Waals surface area contributed by atoms with Gasteiger partial charge in [-0.15, -0.1) is 11.8 Å². The van der Waals surface area contributed by atoms with Crippen LogP contribution in [0.1, 0.15) is 5.69 Å². The van der Waals surface area contributed by atoms with Gasteiger partial charge in [-0.05, 0) is 12.1 Å². The van der Waals surface area contributed by atoms with Crippen molar-refractivity contribution in [3.63, 3.8) is 0 Å². The van der Waals surface area contributed by atoms with Crippen LogP contribution in [-0.4, -0.2) is 49.9 Å². The van der Waals surface area contributed by atoms with E-state index in [2.05, 4.69) is 15.5 Å². The molecule has 0 aliphatic carbocycles. The Kier molecular flexibility index (Phi) is 3.98. The molecule has 0 unspecified atom stereocenters. The first-order valence-corrected chi connectivity index (χ1v) is 6.45. The van der Waals surface area contributed by atoms with Crippen LogP contribution in [0.5, 0.6) is 0 Å². The molecule has 0 radical (unpaired) electrons. The van der Waals surface area contributed by atoms with Crippen molar-refractivity contribution in [2.75, 3.05) is 11.6 Å². The zero-order chi connectivity index (χ0) is 13.0. The van der Waals surface area contributed by atoms with Crippen LogP contribution in [-0.2, 0) is 11.3 Å². The molecule has 2 heterocycles. The third-order valence-corrected chi connectivity index (χ3v) is 3.49. The molecule has 8 heteroatoms. The minimum atomic E-state index is -0.977. The second kappa shape index (κ2) is 5.67. The summed E-state index contributed by atoms with van der Waals surface area (Å²) < 4.78 is 0. The summed E-state index contributed by atoms with van der Waals surface area (Å²) in [6.45, 7) is 0.236. The maximum Gasteiger partial charge on any atom is 0.327 e. The van der Waals surface area contributed by atoms with E-state index < -0.39 is 18.0 Å². The van der Waals surface area contributed by atoms with Gasteiger partial charge < -0.3 is 15.3 Å². The number of hydrogen-bond donors (Lipinski definition) is 2. The van der Waals surface area contributed by atoms with Crippen molar-refractivity contribution in [2.45, 2.75) is 12.6 Å². The molecule has 7 nitrogen and oxygen atoms in total. The first-order chi connectivity index (χ1) is 8.68. The number of carbonyl (C=O) groups is 2.